The lowest BCUT2D eigenvalue weighted by molar-refractivity contribution is 0.498. The van der Waals surface area contributed by atoms with Crippen molar-refractivity contribution in [1.82, 2.24) is 8.75 Å². The Morgan fingerprint density at radius 3 is 3.05 bits per heavy atom. The van der Waals surface area contributed by atoms with Gasteiger partial charge in [-0.1, -0.05) is 11.6 Å². The van der Waals surface area contributed by atoms with Crippen LogP contribution in [0, 0.1) is 0 Å². The van der Waals surface area contributed by atoms with Gasteiger partial charge in [-0.25, -0.2) is 0 Å². The van der Waals surface area contributed by atoms with Crippen molar-refractivity contribution in [2.75, 3.05) is 5.32 Å². The molecule has 2 heterocycles. The molecule has 3 rings (SSSR count). The first kappa shape index (κ1) is 12.4. The molecule has 2 aromatic heterocycles. The van der Waals surface area contributed by atoms with Crippen molar-refractivity contribution >= 4 is 40.0 Å². The third-order valence-electron chi connectivity index (χ3n) is 2.86. The summed E-state index contributed by atoms with van der Waals surface area (Å²) in [6.07, 6.45) is 2.47. The van der Waals surface area contributed by atoms with E-state index >= 15 is 0 Å². The summed E-state index contributed by atoms with van der Waals surface area (Å²) < 4.78 is 13.9. The van der Waals surface area contributed by atoms with Gasteiger partial charge < -0.3 is 9.73 Å². The second kappa shape index (κ2) is 5.19. The van der Waals surface area contributed by atoms with Gasteiger partial charge in [0.15, 0.2) is 0 Å². The molecule has 0 fully saturated rings. The molecule has 19 heavy (non-hydrogen) atoms. The summed E-state index contributed by atoms with van der Waals surface area (Å²) in [4.78, 5) is 0. The molecular formula is C13H12ClN3OS. The molecule has 0 aliphatic carbocycles. The molecule has 6 heteroatoms. The van der Waals surface area contributed by atoms with Crippen molar-refractivity contribution in [3.05, 3.63) is 41.3 Å². The van der Waals surface area contributed by atoms with Gasteiger partial charge in [-0.3, -0.25) is 0 Å². The molecule has 1 atom stereocenters. The minimum Gasteiger partial charge on any atom is -0.469 e. The van der Waals surface area contributed by atoms with E-state index in [-0.39, 0.29) is 6.04 Å². The van der Waals surface area contributed by atoms with Crippen LogP contribution in [-0.4, -0.2) is 14.8 Å². The van der Waals surface area contributed by atoms with Gasteiger partial charge in [-0.15, -0.1) is 0 Å². The van der Waals surface area contributed by atoms with Crippen molar-refractivity contribution < 1.29 is 4.42 Å². The summed E-state index contributed by atoms with van der Waals surface area (Å²) in [6.45, 7) is 2.08. The highest BCUT2D eigenvalue weighted by Gasteiger charge is 2.13. The molecule has 0 radical (unpaired) electrons. The van der Waals surface area contributed by atoms with Crippen LogP contribution in [0.25, 0.3) is 11.0 Å². The van der Waals surface area contributed by atoms with Gasteiger partial charge >= 0.3 is 0 Å². The SMILES string of the molecule is CC(Cc1ccco1)Nc1c(Cl)ccc2nsnc12. The topological polar surface area (TPSA) is 51.0 Å². The number of benzene rings is 1. The zero-order valence-corrected chi connectivity index (χ0v) is 11.8. The van der Waals surface area contributed by atoms with Crippen molar-refractivity contribution in [3.63, 3.8) is 0 Å². The second-order valence-electron chi connectivity index (χ2n) is 4.38. The van der Waals surface area contributed by atoms with Gasteiger partial charge in [0.1, 0.15) is 16.8 Å². The number of anilines is 1. The highest BCUT2D eigenvalue weighted by atomic mass is 35.5. The summed E-state index contributed by atoms with van der Waals surface area (Å²) in [5.41, 5.74) is 2.53. The average Bonchev–Trinajstić information content (AvgIpc) is 3.03. The molecule has 0 saturated carbocycles. The maximum Gasteiger partial charge on any atom is 0.129 e. The van der Waals surface area contributed by atoms with Crippen molar-refractivity contribution in [3.8, 4) is 0 Å². The number of aromatic nitrogens is 2. The monoisotopic (exact) mass is 293 g/mol. The molecule has 0 bridgehead atoms. The molecule has 1 unspecified atom stereocenters. The Balaban J connectivity index is 1.84. The maximum atomic E-state index is 6.24. The number of furan rings is 1. The number of halogens is 1. The van der Waals surface area contributed by atoms with Crippen LogP contribution < -0.4 is 5.32 Å². The summed E-state index contributed by atoms with van der Waals surface area (Å²) in [7, 11) is 0. The van der Waals surface area contributed by atoms with Gasteiger partial charge in [0.2, 0.25) is 0 Å². The molecule has 0 amide bonds. The molecule has 0 aliphatic heterocycles. The number of rotatable bonds is 4. The summed E-state index contributed by atoms with van der Waals surface area (Å²) >= 11 is 7.43. The zero-order chi connectivity index (χ0) is 13.2. The van der Waals surface area contributed by atoms with E-state index in [0.29, 0.717) is 5.02 Å². The van der Waals surface area contributed by atoms with Crippen LogP contribution in [0.4, 0.5) is 5.69 Å². The number of hydrogen-bond donors (Lipinski definition) is 1. The maximum absolute atomic E-state index is 6.24. The first-order valence-corrected chi connectivity index (χ1v) is 7.04. The predicted octanol–water partition coefficient (Wildman–Crippen LogP) is 3.98. The van der Waals surface area contributed by atoms with Crippen LogP contribution in [0.1, 0.15) is 12.7 Å². The van der Waals surface area contributed by atoms with Crippen molar-refractivity contribution in [1.29, 1.82) is 0 Å². The van der Waals surface area contributed by atoms with Crippen LogP contribution in [0.2, 0.25) is 5.02 Å². The first-order chi connectivity index (χ1) is 9.24. The molecule has 4 nitrogen and oxygen atoms in total. The Hall–Kier alpha value is -1.59. The van der Waals surface area contributed by atoms with Crippen LogP contribution in [0.3, 0.4) is 0 Å². The average molecular weight is 294 g/mol. The third-order valence-corrected chi connectivity index (χ3v) is 3.71. The molecule has 0 saturated heterocycles. The first-order valence-electron chi connectivity index (χ1n) is 5.94. The van der Waals surface area contributed by atoms with E-state index in [1.54, 1.807) is 6.26 Å². The fourth-order valence-electron chi connectivity index (χ4n) is 1.99. The summed E-state index contributed by atoms with van der Waals surface area (Å²) in [6, 6.07) is 7.76. The predicted molar refractivity (Wildman–Crippen MR) is 77.9 cm³/mol. The Bertz CT molecular complexity index is 680. The highest BCUT2D eigenvalue weighted by molar-refractivity contribution is 7.00. The standard InChI is InChI=1S/C13H12ClN3OS/c1-8(7-9-3-2-6-18-9)15-12-10(14)4-5-11-13(12)17-19-16-11/h2-6,8,15H,7H2,1H3. The summed E-state index contributed by atoms with van der Waals surface area (Å²) in [5.74, 6) is 0.944. The van der Waals surface area contributed by atoms with E-state index in [0.717, 1.165) is 28.9 Å². The molecule has 0 spiro atoms. The van der Waals surface area contributed by atoms with Gasteiger partial charge in [-0.2, -0.15) is 8.75 Å². The van der Waals surface area contributed by atoms with E-state index in [2.05, 4.69) is 21.0 Å². The lowest BCUT2D eigenvalue weighted by atomic mass is 10.1. The molecule has 1 aromatic carbocycles. The van der Waals surface area contributed by atoms with Gasteiger partial charge in [-0.05, 0) is 31.2 Å². The molecule has 0 aliphatic rings. The van der Waals surface area contributed by atoms with E-state index < -0.39 is 0 Å². The Morgan fingerprint density at radius 1 is 1.37 bits per heavy atom. The highest BCUT2D eigenvalue weighted by Crippen LogP contribution is 2.30. The molecule has 98 valence electrons. The van der Waals surface area contributed by atoms with E-state index in [4.69, 9.17) is 16.0 Å². The molecule has 1 N–H and O–H groups in total. The Morgan fingerprint density at radius 2 is 2.26 bits per heavy atom. The lowest BCUT2D eigenvalue weighted by Gasteiger charge is -2.15. The zero-order valence-electron chi connectivity index (χ0n) is 10.3. The van der Waals surface area contributed by atoms with Crippen LogP contribution in [0.15, 0.2) is 34.9 Å². The minimum absolute atomic E-state index is 0.191. The minimum atomic E-state index is 0.191. The fraction of sp³-hybridized carbons (Fsp3) is 0.231. The van der Waals surface area contributed by atoms with Gasteiger partial charge in [0.05, 0.1) is 28.7 Å². The third kappa shape index (κ3) is 2.57. The van der Waals surface area contributed by atoms with E-state index in [1.165, 1.54) is 11.7 Å². The number of nitrogens with zero attached hydrogens (tertiary/aromatic N) is 2. The van der Waals surface area contributed by atoms with Crippen molar-refractivity contribution in [2.24, 2.45) is 0 Å². The smallest absolute Gasteiger partial charge is 0.129 e. The van der Waals surface area contributed by atoms with Crippen LogP contribution in [-0.2, 0) is 6.42 Å². The van der Waals surface area contributed by atoms with Crippen LogP contribution >= 0.6 is 23.3 Å². The number of nitrogens with one attached hydrogen (secondary N) is 1. The van der Waals surface area contributed by atoms with E-state index in [1.807, 2.05) is 24.3 Å². The van der Waals surface area contributed by atoms with E-state index in [9.17, 15) is 0 Å². The lowest BCUT2D eigenvalue weighted by Crippen LogP contribution is -2.18. The quantitative estimate of drug-likeness (QED) is 0.790. The number of fused-ring (bicyclic) bond motifs is 1. The normalized spacial score (nSPS) is 12.7. The van der Waals surface area contributed by atoms with Gasteiger partial charge in [0.25, 0.3) is 0 Å². The fourth-order valence-corrected chi connectivity index (χ4v) is 2.74. The molecule has 3 aromatic rings. The largest absolute Gasteiger partial charge is 0.469 e. The Labute approximate surface area is 119 Å². The molecular weight excluding hydrogens is 282 g/mol. The number of hydrogen-bond acceptors (Lipinski definition) is 5. The second-order valence-corrected chi connectivity index (χ2v) is 5.32. The Kier molecular flexibility index (Phi) is 3.40. The summed E-state index contributed by atoms with van der Waals surface area (Å²) in [5, 5.41) is 4.05. The van der Waals surface area contributed by atoms with Crippen molar-refractivity contribution in [2.45, 2.75) is 19.4 Å². The van der Waals surface area contributed by atoms with Gasteiger partial charge in [0, 0.05) is 12.5 Å². The van der Waals surface area contributed by atoms with Crippen LogP contribution in [0.5, 0.6) is 0 Å².